The maximum Gasteiger partial charge on any atom is 0.243 e. The second kappa shape index (κ2) is 8.63. The quantitative estimate of drug-likeness (QED) is 0.566. The van der Waals surface area contributed by atoms with Gasteiger partial charge in [0.1, 0.15) is 11.3 Å². The number of carbonyl (C=O) groups is 1. The van der Waals surface area contributed by atoms with Crippen LogP contribution in [0.15, 0.2) is 57.8 Å². The molecule has 1 saturated heterocycles. The van der Waals surface area contributed by atoms with Crippen LogP contribution in [0, 0.1) is 17.6 Å². The summed E-state index contributed by atoms with van der Waals surface area (Å²) in [6.07, 6.45) is 0.692. The number of para-hydroxylation sites is 1. The summed E-state index contributed by atoms with van der Waals surface area (Å²) >= 11 is 0. The number of sulfonamides is 1. The van der Waals surface area contributed by atoms with E-state index in [0.29, 0.717) is 24.7 Å². The molecule has 0 N–H and O–H groups in total. The van der Waals surface area contributed by atoms with Crippen molar-refractivity contribution in [2.45, 2.75) is 30.7 Å². The minimum Gasteiger partial charge on any atom is -0.459 e. The topological polar surface area (TPSA) is 70.8 Å². The van der Waals surface area contributed by atoms with Gasteiger partial charge in [-0.25, -0.2) is 17.2 Å². The van der Waals surface area contributed by atoms with Gasteiger partial charge in [0.05, 0.1) is 10.9 Å². The van der Waals surface area contributed by atoms with Crippen LogP contribution in [0.25, 0.3) is 11.0 Å². The summed E-state index contributed by atoms with van der Waals surface area (Å²) in [7, 11) is -2.25. The molecule has 1 unspecified atom stereocenters. The Labute approximate surface area is 185 Å². The molecule has 0 bridgehead atoms. The summed E-state index contributed by atoms with van der Waals surface area (Å²) in [5, 5.41) is 0.964. The number of furan rings is 1. The first-order valence-corrected chi connectivity index (χ1v) is 11.8. The largest absolute Gasteiger partial charge is 0.459 e. The smallest absolute Gasteiger partial charge is 0.243 e. The molecule has 1 aromatic heterocycles. The molecule has 170 valence electrons. The Hall–Kier alpha value is -2.78. The van der Waals surface area contributed by atoms with Gasteiger partial charge in [0.2, 0.25) is 15.9 Å². The highest BCUT2D eigenvalue weighted by molar-refractivity contribution is 7.89. The van der Waals surface area contributed by atoms with Crippen molar-refractivity contribution in [3.63, 3.8) is 0 Å². The fourth-order valence-electron chi connectivity index (χ4n) is 4.01. The zero-order valence-corrected chi connectivity index (χ0v) is 18.6. The zero-order chi connectivity index (χ0) is 23.0. The molecule has 1 amide bonds. The normalized spacial score (nSPS) is 16.9. The molecule has 1 aliphatic rings. The van der Waals surface area contributed by atoms with Crippen molar-refractivity contribution in [1.82, 2.24) is 9.21 Å². The van der Waals surface area contributed by atoms with Gasteiger partial charge in [-0.3, -0.25) is 4.79 Å². The van der Waals surface area contributed by atoms with Crippen LogP contribution in [0.3, 0.4) is 0 Å². The van der Waals surface area contributed by atoms with Crippen molar-refractivity contribution >= 4 is 26.9 Å². The SMILES string of the molecule is CC(c1cc2ccccc2o1)N(C)C(=O)C1CCN(S(=O)(=O)c2ccc(F)c(F)c2)CC1. The predicted octanol–water partition coefficient (Wildman–Crippen LogP) is 4.33. The Bertz CT molecular complexity index is 1220. The molecule has 4 rings (SSSR count). The lowest BCUT2D eigenvalue weighted by atomic mass is 9.96. The fraction of sp³-hybridized carbons (Fsp3) is 0.348. The number of piperidine rings is 1. The number of nitrogens with zero attached hydrogens (tertiary/aromatic N) is 2. The van der Waals surface area contributed by atoms with Crippen LogP contribution >= 0.6 is 0 Å². The molecule has 1 aliphatic heterocycles. The zero-order valence-electron chi connectivity index (χ0n) is 17.8. The number of rotatable bonds is 5. The standard InChI is InChI=1S/C23H24F2N2O4S/c1-15(22-13-17-5-3-4-6-21(17)31-22)26(2)23(28)16-9-11-27(12-10-16)32(29,30)18-7-8-19(24)20(25)14-18/h3-8,13-16H,9-12H2,1-2H3. The van der Waals surface area contributed by atoms with E-state index in [9.17, 15) is 22.0 Å². The van der Waals surface area contributed by atoms with E-state index in [1.807, 2.05) is 37.3 Å². The van der Waals surface area contributed by atoms with E-state index in [0.717, 1.165) is 23.1 Å². The van der Waals surface area contributed by atoms with Gasteiger partial charge in [-0.2, -0.15) is 4.31 Å². The van der Waals surface area contributed by atoms with Crippen LogP contribution in [0.1, 0.15) is 31.6 Å². The lowest BCUT2D eigenvalue weighted by molar-refractivity contribution is -0.137. The molecule has 0 radical (unpaired) electrons. The van der Waals surface area contributed by atoms with Crippen LogP contribution < -0.4 is 0 Å². The molecule has 2 heterocycles. The van der Waals surface area contributed by atoms with Crippen molar-refractivity contribution in [3.05, 3.63) is 65.9 Å². The maximum atomic E-state index is 13.5. The lowest BCUT2D eigenvalue weighted by Crippen LogP contribution is -2.43. The molecule has 0 spiro atoms. The van der Waals surface area contributed by atoms with Crippen molar-refractivity contribution < 1.29 is 26.4 Å². The first-order chi connectivity index (χ1) is 15.2. The summed E-state index contributed by atoms with van der Waals surface area (Å²) < 4.78 is 59.3. The van der Waals surface area contributed by atoms with Gasteiger partial charge in [-0.1, -0.05) is 18.2 Å². The molecule has 3 aromatic rings. The Morgan fingerprint density at radius 1 is 1.09 bits per heavy atom. The number of benzene rings is 2. The number of hydrogen-bond acceptors (Lipinski definition) is 4. The van der Waals surface area contributed by atoms with E-state index >= 15 is 0 Å². The third-order valence-electron chi connectivity index (χ3n) is 6.12. The molecular weight excluding hydrogens is 438 g/mol. The van der Waals surface area contributed by atoms with Gasteiger partial charge in [0, 0.05) is 31.4 Å². The van der Waals surface area contributed by atoms with E-state index in [2.05, 4.69) is 0 Å². The number of hydrogen-bond donors (Lipinski definition) is 0. The van der Waals surface area contributed by atoms with E-state index in [-0.39, 0.29) is 35.9 Å². The molecular formula is C23H24F2N2O4S. The number of fused-ring (bicyclic) bond motifs is 1. The van der Waals surface area contributed by atoms with Crippen LogP contribution in [0.2, 0.25) is 0 Å². The Kier molecular flexibility index (Phi) is 6.05. The van der Waals surface area contributed by atoms with Crippen molar-refractivity contribution in [1.29, 1.82) is 0 Å². The third-order valence-corrected chi connectivity index (χ3v) is 8.01. The minimum atomic E-state index is -3.96. The van der Waals surface area contributed by atoms with Gasteiger partial charge in [0.25, 0.3) is 0 Å². The van der Waals surface area contributed by atoms with Gasteiger partial charge in [-0.05, 0) is 50.1 Å². The molecule has 32 heavy (non-hydrogen) atoms. The second-order valence-electron chi connectivity index (χ2n) is 8.07. The van der Waals surface area contributed by atoms with E-state index < -0.39 is 21.7 Å². The molecule has 2 aromatic carbocycles. The lowest BCUT2D eigenvalue weighted by Gasteiger charge is -2.34. The summed E-state index contributed by atoms with van der Waals surface area (Å²) in [5.74, 6) is -2.04. The Morgan fingerprint density at radius 2 is 1.78 bits per heavy atom. The summed E-state index contributed by atoms with van der Waals surface area (Å²) in [6.45, 7) is 2.15. The number of halogens is 2. The maximum absolute atomic E-state index is 13.5. The van der Waals surface area contributed by atoms with Crippen LogP contribution in [0.5, 0.6) is 0 Å². The molecule has 1 atom stereocenters. The van der Waals surface area contributed by atoms with Gasteiger partial charge in [-0.15, -0.1) is 0 Å². The van der Waals surface area contributed by atoms with Gasteiger partial charge >= 0.3 is 0 Å². The highest BCUT2D eigenvalue weighted by atomic mass is 32.2. The molecule has 9 heteroatoms. The first kappa shape index (κ1) is 22.4. The fourth-order valence-corrected chi connectivity index (χ4v) is 5.49. The summed E-state index contributed by atoms with van der Waals surface area (Å²) in [6, 6.07) is 11.8. The predicted molar refractivity (Wildman–Crippen MR) is 115 cm³/mol. The third kappa shape index (κ3) is 4.14. The molecule has 1 fully saturated rings. The second-order valence-corrected chi connectivity index (χ2v) is 10.0. The van der Waals surface area contributed by atoms with Crippen molar-refractivity contribution in [2.24, 2.45) is 5.92 Å². The minimum absolute atomic E-state index is 0.0807. The highest BCUT2D eigenvalue weighted by Gasteiger charge is 2.35. The molecule has 6 nitrogen and oxygen atoms in total. The van der Waals surface area contributed by atoms with Gasteiger partial charge in [0.15, 0.2) is 11.6 Å². The molecule has 0 aliphatic carbocycles. The Balaban J connectivity index is 1.41. The van der Waals surface area contributed by atoms with E-state index in [1.165, 1.54) is 4.31 Å². The van der Waals surface area contributed by atoms with Crippen LogP contribution in [-0.2, 0) is 14.8 Å². The van der Waals surface area contributed by atoms with Crippen molar-refractivity contribution in [2.75, 3.05) is 20.1 Å². The van der Waals surface area contributed by atoms with Crippen LogP contribution in [-0.4, -0.2) is 43.7 Å². The monoisotopic (exact) mass is 462 g/mol. The summed E-state index contributed by atoms with van der Waals surface area (Å²) in [4.78, 5) is 14.4. The van der Waals surface area contributed by atoms with Gasteiger partial charge < -0.3 is 9.32 Å². The molecule has 0 saturated carbocycles. The number of carbonyl (C=O) groups excluding carboxylic acids is 1. The average molecular weight is 463 g/mol. The summed E-state index contributed by atoms with van der Waals surface area (Å²) in [5.41, 5.74) is 0.756. The van der Waals surface area contributed by atoms with Crippen LogP contribution in [0.4, 0.5) is 8.78 Å². The number of amides is 1. The van der Waals surface area contributed by atoms with E-state index in [4.69, 9.17) is 4.42 Å². The highest BCUT2D eigenvalue weighted by Crippen LogP contribution is 2.30. The first-order valence-electron chi connectivity index (χ1n) is 10.4. The van der Waals surface area contributed by atoms with E-state index in [1.54, 1.807) is 11.9 Å². The van der Waals surface area contributed by atoms with Crippen molar-refractivity contribution in [3.8, 4) is 0 Å². The Morgan fingerprint density at radius 3 is 2.44 bits per heavy atom. The average Bonchev–Trinajstić information content (AvgIpc) is 3.23.